The predicted molar refractivity (Wildman–Crippen MR) is 70.3 cm³/mol. The van der Waals surface area contributed by atoms with Gasteiger partial charge in [0.05, 0.1) is 6.54 Å². The summed E-state index contributed by atoms with van der Waals surface area (Å²) in [5.74, 6) is 0.0140. The van der Waals surface area contributed by atoms with Crippen LogP contribution >= 0.6 is 0 Å². The lowest BCUT2D eigenvalue weighted by molar-refractivity contribution is 0.0723. The highest BCUT2D eigenvalue weighted by atomic mass is 19.1. The number of halogens is 1. The molecule has 104 valence electrons. The number of rotatable bonds is 4. The number of hydrogen-bond acceptors (Lipinski definition) is 3. The Morgan fingerprint density at radius 3 is 2.85 bits per heavy atom. The van der Waals surface area contributed by atoms with Crippen LogP contribution in [0.5, 0.6) is 0 Å². The van der Waals surface area contributed by atoms with Gasteiger partial charge in [-0.05, 0) is 18.9 Å². The van der Waals surface area contributed by atoms with Crippen LogP contribution in [0.4, 0.5) is 4.39 Å². The number of nitrogens with zero attached hydrogens (tertiary/aromatic N) is 4. The van der Waals surface area contributed by atoms with E-state index in [1.165, 1.54) is 12.3 Å². The Hall–Kier alpha value is -2.24. The summed E-state index contributed by atoms with van der Waals surface area (Å²) in [7, 11) is 1.89. The molecule has 1 fully saturated rings. The van der Waals surface area contributed by atoms with Crippen LogP contribution in [0.3, 0.4) is 0 Å². The van der Waals surface area contributed by atoms with Crippen LogP contribution in [-0.2, 0) is 13.6 Å². The van der Waals surface area contributed by atoms with Gasteiger partial charge in [-0.25, -0.2) is 9.97 Å². The van der Waals surface area contributed by atoms with E-state index in [-0.39, 0.29) is 11.9 Å². The average molecular weight is 274 g/mol. The summed E-state index contributed by atoms with van der Waals surface area (Å²) in [6.07, 6.45) is 6.84. The predicted octanol–water partition coefficient (Wildman–Crippen LogP) is 1.76. The maximum atomic E-state index is 13.2. The van der Waals surface area contributed by atoms with E-state index in [2.05, 4.69) is 9.97 Å². The summed E-state index contributed by atoms with van der Waals surface area (Å²) in [6, 6.07) is 2.95. The van der Waals surface area contributed by atoms with Gasteiger partial charge in [0.2, 0.25) is 5.95 Å². The second-order valence-electron chi connectivity index (χ2n) is 4.99. The number of aryl methyl sites for hydroxylation is 1. The molecule has 1 aliphatic carbocycles. The zero-order valence-electron chi connectivity index (χ0n) is 11.2. The van der Waals surface area contributed by atoms with Crippen LogP contribution in [0.25, 0.3) is 0 Å². The SMILES string of the molecule is Cn1ccnc1CN(C(=O)c1ccnc(F)c1)C1CC1. The summed E-state index contributed by atoms with van der Waals surface area (Å²) in [6.45, 7) is 0.441. The standard InChI is InChI=1S/C14H15FN4O/c1-18-7-6-17-13(18)9-19(11-2-3-11)14(20)10-4-5-16-12(15)8-10/h4-8,11H,2-3,9H2,1H3. The van der Waals surface area contributed by atoms with E-state index >= 15 is 0 Å². The minimum atomic E-state index is -0.636. The maximum absolute atomic E-state index is 13.2. The van der Waals surface area contributed by atoms with Gasteiger partial charge in [-0.15, -0.1) is 0 Å². The largest absolute Gasteiger partial charge is 0.337 e. The Balaban J connectivity index is 1.84. The van der Waals surface area contributed by atoms with Crippen molar-refractivity contribution in [3.63, 3.8) is 0 Å². The first kappa shape index (κ1) is 12.8. The van der Waals surface area contributed by atoms with Crippen molar-refractivity contribution in [2.45, 2.75) is 25.4 Å². The Bertz CT molecular complexity index is 636. The van der Waals surface area contributed by atoms with Crippen molar-refractivity contribution in [2.75, 3.05) is 0 Å². The Morgan fingerprint density at radius 1 is 1.45 bits per heavy atom. The molecule has 3 rings (SSSR count). The number of pyridine rings is 1. The molecule has 6 heteroatoms. The third-order valence-corrected chi connectivity index (χ3v) is 3.45. The van der Waals surface area contributed by atoms with Crippen LogP contribution < -0.4 is 0 Å². The van der Waals surface area contributed by atoms with Gasteiger partial charge in [0.1, 0.15) is 5.82 Å². The van der Waals surface area contributed by atoms with E-state index < -0.39 is 5.95 Å². The molecule has 0 saturated heterocycles. The number of carbonyl (C=O) groups is 1. The molecule has 1 aliphatic rings. The molecular weight excluding hydrogens is 259 g/mol. The zero-order valence-corrected chi connectivity index (χ0v) is 11.2. The molecule has 5 nitrogen and oxygen atoms in total. The van der Waals surface area contributed by atoms with E-state index in [1.807, 2.05) is 17.8 Å². The fraction of sp³-hybridized carbons (Fsp3) is 0.357. The topological polar surface area (TPSA) is 51.0 Å². The Labute approximate surface area is 116 Å². The first-order chi connectivity index (χ1) is 9.65. The van der Waals surface area contributed by atoms with Gasteiger partial charge in [0.25, 0.3) is 5.91 Å². The molecule has 0 aromatic carbocycles. The minimum Gasteiger partial charge on any atom is -0.337 e. The van der Waals surface area contributed by atoms with Crippen molar-refractivity contribution in [2.24, 2.45) is 7.05 Å². The number of amides is 1. The molecular formula is C14H15FN4O. The minimum absolute atomic E-state index is 0.170. The average Bonchev–Trinajstić information content (AvgIpc) is 3.19. The smallest absolute Gasteiger partial charge is 0.254 e. The van der Waals surface area contributed by atoms with Gasteiger partial charge < -0.3 is 9.47 Å². The molecule has 0 aliphatic heterocycles. The third-order valence-electron chi connectivity index (χ3n) is 3.45. The lowest BCUT2D eigenvalue weighted by Gasteiger charge is -2.22. The summed E-state index contributed by atoms with van der Waals surface area (Å²) in [5.41, 5.74) is 0.332. The van der Waals surface area contributed by atoms with E-state index in [4.69, 9.17) is 0 Å². The zero-order chi connectivity index (χ0) is 14.1. The molecule has 0 radical (unpaired) electrons. The van der Waals surface area contributed by atoms with Crippen molar-refractivity contribution in [3.05, 3.63) is 48.1 Å². The van der Waals surface area contributed by atoms with Crippen LogP contribution in [-0.4, -0.2) is 31.4 Å². The van der Waals surface area contributed by atoms with Crippen molar-refractivity contribution < 1.29 is 9.18 Å². The molecule has 2 heterocycles. The molecule has 0 spiro atoms. The second kappa shape index (κ2) is 5.03. The number of aromatic nitrogens is 3. The van der Waals surface area contributed by atoms with E-state index in [0.717, 1.165) is 18.7 Å². The van der Waals surface area contributed by atoms with Crippen LogP contribution in [0.15, 0.2) is 30.7 Å². The normalized spacial score (nSPS) is 14.3. The monoisotopic (exact) mass is 274 g/mol. The van der Waals surface area contributed by atoms with E-state index in [0.29, 0.717) is 12.1 Å². The fourth-order valence-electron chi connectivity index (χ4n) is 2.16. The molecule has 0 atom stereocenters. The van der Waals surface area contributed by atoms with Crippen molar-refractivity contribution in [1.29, 1.82) is 0 Å². The van der Waals surface area contributed by atoms with Crippen LogP contribution in [0.1, 0.15) is 29.0 Å². The van der Waals surface area contributed by atoms with Gasteiger partial charge in [-0.1, -0.05) is 0 Å². The van der Waals surface area contributed by atoms with Crippen molar-refractivity contribution >= 4 is 5.91 Å². The molecule has 0 bridgehead atoms. The third kappa shape index (κ3) is 2.54. The first-order valence-corrected chi connectivity index (χ1v) is 6.54. The summed E-state index contributed by atoms with van der Waals surface area (Å²) in [5, 5.41) is 0. The second-order valence-corrected chi connectivity index (χ2v) is 4.99. The summed E-state index contributed by atoms with van der Waals surface area (Å²) < 4.78 is 15.0. The molecule has 2 aromatic heterocycles. The van der Waals surface area contributed by atoms with Gasteiger partial charge in [-0.3, -0.25) is 4.79 Å². The fourth-order valence-corrected chi connectivity index (χ4v) is 2.16. The van der Waals surface area contributed by atoms with Gasteiger partial charge >= 0.3 is 0 Å². The van der Waals surface area contributed by atoms with E-state index in [1.54, 1.807) is 17.2 Å². The number of imidazole rings is 1. The van der Waals surface area contributed by atoms with E-state index in [9.17, 15) is 9.18 Å². The van der Waals surface area contributed by atoms with Gasteiger partial charge in [-0.2, -0.15) is 4.39 Å². The Kier molecular flexibility index (Phi) is 3.22. The van der Waals surface area contributed by atoms with Gasteiger partial charge in [0, 0.05) is 43.3 Å². The highest BCUT2D eigenvalue weighted by Gasteiger charge is 2.33. The maximum Gasteiger partial charge on any atom is 0.254 e. The quantitative estimate of drug-likeness (QED) is 0.798. The summed E-state index contributed by atoms with van der Waals surface area (Å²) in [4.78, 5) is 22.0. The molecule has 2 aromatic rings. The highest BCUT2D eigenvalue weighted by molar-refractivity contribution is 5.94. The lowest BCUT2D eigenvalue weighted by atomic mass is 10.2. The number of carbonyl (C=O) groups excluding carboxylic acids is 1. The highest BCUT2D eigenvalue weighted by Crippen LogP contribution is 2.29. The lowest BCUT2D eigenvalue weighted by Crippen LogP contribution is -2.33. The van der Waals surface area contributed by atoms with Crippen molar-refractivity contribution in [1.82, 2.24) is 19.4 Å². The van der Waals surface area contributed by atoms with Crippen LogP contribution in [0, 0.1) is 5.95 Å². The summed E-state index contributed by atoms with van der Waals surface area (Å²) >= 11 is 0. The van der Waals surface area contributed by atoms with Crippen molar-refractivity contribution in [3.8, 4) is 0 Å². The van der Waals surface area contributed by atoms with Gasteiger partial charge in [0.15, 0.2) is 0 Å². The molecule has 1 amide bonds. The number of hydrogen-bond donors (Lipinski definition) is 0. The Morgan fingerprint density at radius 2 is 2.25 bits per heavy atom. The molecule has 1 saturated carbocycles. The first-order valence-electron chi connectivity index (χ1n) is 6.54. The molecule has 20 heavy (non-hydrogen) atoms. The van der Waals surface area contributed by atoms with Crippen LogP contribution in [0.2, 0.25) is 0 Å². The molecule has 0 N–H and O–H groups in total. The molecule has 0 unspecified atom stereocenters.